The van der Waals surface area contributed by atoms with Gasteiger partial charge >= 0.3 is 0 Å². The molecule has 0 radical (unpaired) electrons. The maximum Gasteiger partial charge on any atom is 0.0621 e. The first-order chi connectivity index (χ1) is 7.50. The summed E-state index contributed by atoms with van der Waals surface area (Å²) in [5.41, 5.74) is 0. The third kappa shape index (κ3) is 7.90. The smallest absolute Gasteiger partial charge is 0.0621 e. The summed E-state index contributed by atoms with van der Waals surface area (Å²) in [5.74, 6) is 0. The van der Waals surface area contributed by atoms with Crippen LogP contribution in [0, 0.1) is 0 Å². The van der Waals surface area contributed by atoms with E-state index in [0.29, 0.717) is 0 Å². The first-order valence-electron chi connectivity index (χ1n) is 5.78. The van der Waals surface area contributed by atoms with E-state index in [9.17, 15) is 0 Å². The van der Waals surface area contributed by atoms with Crippen LogP contribution < -0.4 is 0 Å². The summed E-state index contributed by atoms with van der Waals surface area (Å²) in [6, 6.07) is 0. The zero-order valence-electron chi connectivity index (χ0n) is 9.18. The van der Waals surface area contributed by atoms with Crippen molar-refractivity contribution in [1.82, 2.24) is 0 Å². The molecule has 0 saturated carbocycles. The second kappa shape index (κ2) is 9.43. The average Bonchev–Trinajstić information content (AvgIpc) is 2.27. The van der Waals surface area contributed by atoms with Gasteiger partial charge in [-0.05, 0) is 34.9 Å². The van der Waals surface area contributed by atoms with E-state index in [-0.39, 0.29) is 0 Å². The molecule has 15 heavy (non-hydrogen) atoms. The lowest BCUT2D eigenvalue weighted by Gasteiger charge is -1.98. The molecule has 0 aromatic rings. The summed E-state index contributed by atoms with van der Waals surface area (Å²) in [7, 11) is 0. The summed E-state index contributed by atoms with van der Waals surface area (Å²) in [5, 5.41) is 18.2. The van der Waals surface area contributed by atoms with Gasteiger partial charge in [0, 0.05) is 6.21 Å². The molecule has 5 heteroatoms. The molecular weight excluding hydrogens is 190 g/mol. The summed E-state index contributed by atoms with van der Waals surface area (Å²) in [6.45, 7) is 0.753. The van der Waals surface area contributed by atoms with Crippen LogP contribution in [0.2, 0.25) is 0 Å². The molecule has 5 nitrogen and oxygen atoms in total. The van der Waals surface area contributed by atoms with Crippen LogP contribution in [-0.4, -0.2) is 12.8 Å². The van der Waals surface area contributed by atoms with Crippen LogP contribution in [0.15, 0.2) is 25.9 Å². The van der Waals surface area contributed by atoms with E-state index in [4.69, 9.17) is 0 Å². The summed E-state index contributed by atoms with van der Waals surface area (Å²) in [6.07, 6.45) is 11.6. The molecule has 0 N–H and O–H groups in total. The minimum Gasteiger partial charge on any atom is -0.167 e. The number of rotatable bonds is 0. The predicted molar refractivity (Wildman–Crippen MR) is 60.0 cm³/mol. The fraction of sp³-hybridized carbons (Fsp3) is 0.900. The Hall–Kier alpha value is -1.13. The van der Waals surface area contributed by atoms with Gasteiger partial charge in [-0.25, -0.2) is 0 Å². The minimum absolute atomic E-state index is 0.753. The van der Waals surface area contributed by atoms with Gasteiger partial charge in [0.1, 0.15) is 0 Å². The lowest BCUT2D eigenvalue weighted by Crippen LogP contribution is -1.83. The first kappa shape index (κ1) is 11.9. The summed E-state index contributed by atoms with van der Waals surface area (Å²) in [4.78, 5) is 0. The Morgan fingerprint density at radius 2 is 1.40 bits per heavy atom. The highest BCUT2D eigenvalue weighted by Crippen LogP contribution is 2.08. The number of hydrogen-bond acceptors (Lipinski definition) is 5. The largest absolute Gasteiger partial charge is 0.167 e. The molecule has 0 saturated heterocycles. The number of hydrogen-bond donors (Lipinski definition) is 0. The molecule has 0 aromatic heterocycles. The molecule has 0 spiro atoms. The van der Waals surface area contributed by atoms with E-state index >= 15 is 0 Å². The Morgan fingerprint density at radius 1 is 0.667 bits per heavy atom. The molecule has 0 amide bonds. The zero-order chi connectivity index (χ0) is 10.6. The third-order valence-corrected chi connectivity index (χ3v) is 2.37. The molecule has 84 valence electrons. The van der Waals surface area contributed by atoms with Crippen molar-refractivity contribution in [2.45, 2.75) is 51.4 Å². The molecule has 0 fully saturated rings. The standard InChI is InChI=1S/C10H19N5/c1-2-4-6-8-10-12-14-15-13-11-9-7-5-3-1/h9H,1-8,10H2. The molecule has 1 aliphatic heterocycles. The average molecular weight is 209 g/mol. The zero-order valence-corrected chi connectivity index (χ0v) is 9.18. The molecular formula is C10H19N5. The molecule has 0 aromatic carbocycles. The lowest BCUT2D eigenvalue weighted by molar-refractivity contribution is 0.584. The fourth-order valence-corrected chi connectivity index (χ4v) is 1.51. The van der Waals surface area contributed by atoms with Gasteiger partial charge in [0.2, 0.25) is 0 Å². The van der Waals surface area contributed by atoms with E-state index in [1.165, 1.54) is 38.5 Å². The van der Waals surface area contributed by atoms with Crippen molar-refractivity contribution in [3.8, 4) is 0 Å². The normalized spacial score (nSPS) is 20.8. The Kier molecular flexibility index (Phi) is 7.50. The molecule has 0 bridgehead atoms. The van der Waals surface area contributed by atoms with Gasteiger partial charge in [-0.1, -0.05) is 32.1 Å². The summed E-state index contributed by atoms with van der Waals surface area (Å²) >= 11 is 0. The van der Waals surface area contributed by atoms with Gasteiger partial charge in [0.15, 0.2) is 0 Å². The van der Waals surface area contributed by atoms with Crippen molar-refractivity contribution >= 4 is 6.21 Å². The highest BCUT2D eigenvalue weighted by atomic mass is 15.5. The van der Waals surface area contributed by atoms with Crippen molar-refractivity contribution in [2.24, 2.45) is 25.9 Å². The van der Waals surface area contributed by atoms with Crippen LogP contribution in [0.3, 0.4) is 0 Å². The van der Waals surface area contributed by atoms with Crippen LogP contribution in [0.4, 0.5) is 0 Å². The molecule has 0 aliphatic carbocycles. The minimum atomic E-state index is 0.753. The quantitative estimate of drug-likeness (QED) is 0.580. The second-order valence-electron chi connectivity index (χ2n) is 3.69. The summed E-state index contributed by atoms with van der Waals surface area (Å²) < 4.78 is 0. The van der Waals surface area contributed by atoms with Crippen molar-refractivity contribution in [1.29, 1.82) is 0 Å². The third-order valence-electron chi connectivity index (χ3n) is 2.37. The molecule has 0 atom stereocenters. The first-order valence-corrected chi connectivity index (χ1v) is 5.78. The van der Waals surface area contributed by atoms with Gasteiger partial charge in [-0.3, -0.25) is 0 Å². The van der Waals surface area contributed by atoms with Gasteiger partial charge < -0.3 is 0 Å². The Bertz CT molecular complexity index is 200. The predicted octanol–water partition coefficient (Wildman–Crippen LogP) is 3.93. The van der Waals surface area contributed by atoms with Crippen LogP contribution in [-0.2, 0) is 0 Å². The Balaban J connectivity index is 2.25. The fourth-order valence-electron chi connectivity index (χ4n) is 1.51. The van der Waals surface area contributed by atoms with Crippen molar-refractivity contribution in [3.63, 3.8) is 0 Å². The second-order valence-corrected chi connectivity index (χ2v) is 3.69. The molecule has 1 rings (SSSR count). The Labute approximate surface area is 90.7 Å². The van der Waals surface area contributed by atoms with E-state index in [1.807, 2.05) is 0 Å². The SMILES string of the molecule is C1=NN=NN=NCCCCCCCCC1. The van der Waals surface area contributed by atoms with Gasteiger partial charge in [-0.2, -0.15) is 5.11 Å². The number of nitrogens with zero attached hydrogens (tertiary/aromatic N) is 5. The van der Waals surface area contributed by atoms with Crippen LogP contribution in [0.1, 0.15) is 51.4 Å². The molecule has 1 aliphatic rings. The van der Waals surface area contributed by atoms with Crippen molar-refractivity contribution < 1.29 is 0 Å². The van der Waals surface area contributed by atoms with Gasteiger partial charge in [-0.15, -0.1) is 5.10 Å². The van der Waals surface area contributed by atoms with Crippen molar-refractivity contribution in [2.75, 3.05) is 6.54 Å². The van der Waals surface area contributed by atoms with E-state index in [0.717, 1.165) is 19.4 Å². The highest BCUT2D eigenvalue weighted by molar-refractivity contribution is 5.56. The van der Waals surface area contributed by atoms with Gasteiger partial charge in [0.05, 0.1) is 6.54 Å². The Morgan fingerprint density at radius 3 is 2.27 bits per heavy atom. The molecule has 0 unspecified atom stereocenters. The lowest BCUT2D eigenvalue weighted by atomic mass is 10.1. The van der Waals surface area contributed by atoms with E-state index in [2.05, 4.69) is 25.9 Å². The van der Waals surface area contributed by atoms with Crippen LogP contribution in [0.25, 0.3) is 0 Å². The monoisotopic (exact) mass is 209 g/mol. The molecule has 1 heterocycles. The topological polar surface area (TPSA) is 61.8 Å². The van der Waals surface area contributed by atoms with E-state index in [1.54, 1.807) is 6.21 Å². The van der Waals surface area contributed by atoms with Crippen LogP contribution in [0.5, 0.6) is 0 Å². The maximum absolute atomic E-state index is 3.87. The van der Waals surface area contributed by atoms with Crippen molar-refractivity contribution in [3.05, 3.63) is 0 Å². The van der Waals surface area contributed by atoms with Crippen LogP contribution >= 0.6 is 0 Å². The van der Waals surface area contributed by atoms with Gasteiger partial charge in [0.25, 0.3) is 0 Å². The maximum atomic E-state index is 3.87. The van der Waals surface area contributed by atoms with E-state index < -0.39 is 0 Å². The highest BCUT2D eigenvalue weighted by Gasteiger charge is 1.91.